The van der Waals surface area contributed by atoms with E-state index in [1.54, 1.807) is 0 Å². The molecule has 3 saturated carbocycles. The molecule has 0 N–H and O–H groups in total. The van der Waals surface area contributed by atoms with Crippen LogP contribution in [0.2, 0.25) is 0 Å². The molecule has 0 amide bonds. The first-order valence-electron chi connectivity index (χ1n) is 13.0. The van der Waals surface area contributed by atoms with Gasteiger partial charge in [-0.25, -0.2) is 9.59 Å². The topological polar surface area (TPSA) is 105 Å². The van der Waals surface area contributed by atoms with Crippen LogP contribution in [0.25, 0.3) is 0 Å². The average Bonchev–Trinajstić information content (AvgIpc) is 2.88. The molecular formula is C30H28O8. The monoisotopic (exact) mass is 516 g/mol. The Kier molecular flexibility index (Phi) is 4.60. The van der Waals surface area contributed by atoms with Gasteiger partial charge in [-0.05, 0) is 47.9 Å². The van der Waals surface area contributed by atoms with Crippen LogP contribution in [0.3, 0.4) is 0 Å². The number of hydrogen-bond donors (Lipinski definition) is 0. The fourth-order valence-corrected chi connectivity index (χ4v) is 9.32. The van der Waals surface area contributed by atoms with Gasteiger partial charge in [0.2, 0.25) is 0 Å². The second-order valence-corrected chi connectivity index (χ2v) is 11.2. The maximum Gasteiger partial charge on any atom is 0.346 e. The molecule has 196 valence electrons. The molecule has 2 aromatic carbocycles. The molecule has 7 rings (SSSR count). The number of esters is 4. The van der Waals surface area contributed by atoms with Crippen molar-refractivity contribution < 1.29 is 38.1 Å². The van der Waals surface area contributed by atoms with E-state index in [1.165, 1.54) is 28.1 Å². The largest absolute Gasteiger partial charge is 0.466 e. The molecule has 0 spiro atoms. The molecule has 0 aliphatic heterocycles. The maximum absolute atomic E-state index is 14.1. The van der Waals surface area contributed by atoms with Crippen LogP contribution in [-0.2, 0) is 38.1 Å². The summed E-state index contributed by atoms with van der Waals surface area (Å²) in [6, 6.07) is 16.3. The van der Waals surface area contributed by atoms with Gasteiger partial charge in [-0.3, -0.25) is 9.59 Å². The number of hydrogen-bond acceptors (Lipinski definition) is 8. The Morgan fingerprint density at radius 2 is 0.974 bits per heavy atom. The Balaban J connectivity index is 1.40. The second-order valence-electron chi connectivity index (χ2n) is 11.2. The van der Waals surface area contributed by atoms with Crippen molar-refractivity contribution in [3.8, 4) is 0 Å². The lowest BCUT2D eigenvalue weighted by atomic mass is 9.09. The Morgan fingerprint density at radius 1 is 0.632 bits per heavy atom. The van der Waals surface area contributed by atoms with Gasteiger partial charge in [0.25, 0.3) is 0 Å². The lowest BCUT2D eigenvalue weighted by molar-refractivity contribution is -0.362. The van der Waals surface area contributed by atoms with Crippen LogP contribution in [0.5, 0.6) is 0 Å². The van der Waals surface area contributed by atoms with E-state index in [0.717, 1.165) is 22.3 Å². The maximum atomic E-state index is 14.1. The summed E-state index contributed by atoms with van der Waals surface area (Å²) in [6.45, 7) is 3.00. The van der Waals surface area contributed by atoms with Crippen LogP contribution in [0.1, 0.15) is 59.8 Å². The summed E-state index contributed by atoms with van der Waals surface area (Å²) in [5.41, 5.74) is 2.62. The number of ether oxygens (including phenoxy) is 4. The van der Waals surface area contributed by atoms with E-state index in [0.29, 0.717) is 0 Å². The molecule has 8 heteroatoms. The Labute approximate surface area is 219 Å². The fraction of sp³-hybridized carbons (Fsp3) is 0.467. The van der Waals surface area contributed by atoms with E-state index < -0.39 is 46.9 Å². The van der Waals surface area contributed by atoms with E-state index >= 15 is 0 Å². The molecule has 6 atom stereocenters. The molecule has 0 radical (unpaired) electrons. The van der Waals surface area contributed by atoms with Crippen molar-refractivity contribution in [3.63, 3.8) is 0 Å². The highest BCUT2D eigenvalue weighted by atomic mass is 16.6. The lowest BCUT2D eigenvalue weighted by Crippen LogP contribution is -2.91. The van der Waals surface area contributed by atoms with Crippen molar-refractivity contribution in [1.29, 1.82) is 0 Å². The molecule has 0 heterocycles. The van der Waals surface area contributed by atoms with Gasteiger partial charge in [-0.1, -0.05) is 48.5 Å². The first-order chi connectivity index (χ1) is 18.3. The van der Waals surface area contributed by atoms with Crippen molar-refractivity contribution in [1.82, 2.24) is 0 Å². The Morgan fingerprint density at radius 3 is 1.32 bits per heavy atom. The molecule has 0 aromatic heterocycles. The highest BCUT2D eigenvalue weighted by Gasteiger charge is 2.99. The van der Waals surface area contributed by atoms with E-state index in [4.69, 9.17) is 18.9 Å². The molecule has 3 fully saturated rings. The third-order valence-electron chi connectivity index (χ3n) is 10.2. The Bertz CT molecular complexity index is 1310. The third-order valence-corrected chi connectivity index (χ3v) is 10.2. The number of carbonyl (C=O) groups is 4. The van der Waals surface area contributed by atoms with Gasteiger partial charge >= 0.3 is 23.9 Å². The van der Waals surface area contributed by atoms with Gasteiger partial charge in [0.1, 0.15) is 0 Å². The molecular weight excluding hydrogens is 488 g/mol. The number of methoxy groups -OCH3 is 2. The predicted molar refractivity (Wildman–Crippen MR) is 131 cm³/mol. The summed E-state index contributed by atoms with van der Waals surface area (Å²) < 4.78 is 21.1. The van der Waals surface area contributed by atoms with Crippen LogP contribution in [0, 0.1) is 22.7 Å². The van der Waals surface area contributed by atoms with Crippen molar-refractivity contribution in [2.45, 2.75) is 49.7 Å². The second kappa shape index (κ2) is 7.46. The zero-order valence-electron chi connectivity index (χ0n) is 21.5. The standard InChI is InChI=1S/C30H28O8/c1-13(25(31)35-3)37-27(33)29-21-17-11-7-5-9-15(17)20-22-18-12-8-6-10-16(18)19(21)23(29)30(22,24(20)29)28(34)38-14(2)26(32)36-4/h5-14,19-24H,1-4H3/t13-,14-,19?,20?,21?,22?,23?,24?,29?,30?/m1/s1. The fourth-order valence-electron chi connectivity index (χ4n) is 9.32. The van der Waals surface area contributed by atoms with Crippen LogP contribution in [0.4, 0.5) is 0 Å². The average molecular weight is 517 g/mol. The molecule has 5 aliphatic carbocycles. The van der Waals surface area contributed by atoms with Gasteiger partial charge in [0.05, 0.1) is 25.0 Å². The van der Waals surface area contributed by atoms with Crippen molar-refractivity contribution in [2.24, 2.45) is 22.7 Å². The summed E-state index contributed by atoms with van der Waals surface area (Å²) in [4.78, 5) is 52.5. The summed E-state index contributed by atoms with van der Waals surface area (Å²) in [7, 11) is 2.51. The molecule has 0 saturated heterocycles. The van der Waals surface area contributed by atoms with E-state index in [2.05, 4.69) is 24.3 Å². The number of carbonyl (C=O) groups excluding carboxylic acids is 4. The van der Waals surface area contributed by atoms with Gasteiger partial charge in [0, 0.05) is 23.7 Å². The van der Waals surface area contributed by atoms with Crippen LogP contribution >= 0.6 is 0 Å². The van der Waals surface area contributed by atoms with E-state index in [-0.39, 0.29) is 35.5 Å². The quantitative estimate of drug-likeness (QED) is 0.426. The number of fused-ring (bicyclic) bond motifs is 8. The van der Waals surface area contributed by atoms with Crippen LogP contribution < -0.4 is 0 Å². The predicted octanol–water partition coefficient (Wildman–Crippen LogP) is 3.20. The normalized spacial score (nSPS) is 36.8. The van der Waals surface area contributed by atoms with Gasteiger partial charge in [-0.2, -0.15) is 0 Å². The first kappa shape index (κ1) is 23.4. The van der Waals surface area contributed by atoms with Crippen molar-refractivity contribution in [2.75, 3.05) is 14.2 Å². The molecule has 8 nitrogen and oxygen atoms in total. The minimum absolute atomic E-state index is 0.0944. The first-order valence-corrected chi connectivity index (χ1v) is 13.0. The highest BCUT2D eigenvalue weighted by molar-refractivity contribution is 5.98. The van der Waals surface area contributed by atoms with Crippen LogP contribution in [-0.4, -0.2) is 50.3 Å². The SMILES string of the molecule is COC(=O)[C@@H](C)OC(=O)C12C3c4ccccc4C4C5c6ccccc6C3C1C5(C(=O)O[C@H](C)C(=O)OC)C42. The molecule has 0 bridgehead atoms. The molecule has 5 aliphatic rings. The summed E-state index contributed by atoms with van der Waals surface area (Å²) in [6.07, 6.45) is -2.13. The van der Waals surface area contributed by atoms with E-state index in [9.17, 15) is 19.2 Å². The van der Waals surface area contributed by atoms with Crippen LogP contribution in [0.15, 0.2) is 48.5 Å². The molecule has 4 unspecified atom stereocenters. The number of rotatable bonds is 6. The summed E-state index contributed by atoms with van der Waals surface area (Å²) >= 11 is 0. The third kappa shape index (κ3) is 2.26. The minimum atomic E-state index is -1.07. The van der Waals surface area contributed by atoms with Gasteiger partial charge in [-0.15, -0.1) is 0 Å². The minimum Gasteiger partial charge on any atom is -0.466 e. The van der Waals surface area contributed by atoms with Crippen molar-refractivity contribution in [3.05, 3.63) is 70.8 Å². The molecule has 38 heavy (non-hydrogen) atoms. The zero-order valence-corrected chi connectivity index (χ0v) is 21.5. The van der Waals surface area contributed by atoms with Crippen molar-refractivity contribution >= 4 is 23.9 Å². The van der Waals surface area contributed by atoms with Gasteiger partial charge in [0.15, 0.2) is 12.2 Å². The smallest absolute Gasteiger partial charge is 0.346 e. The Hall–Kier alpha value is -3.68. The molecule has 2 aromatic rings. The summed E-state index contributed by atoms with van der Waals surface area (Å²) in [5.74, 6) is -3.48. The number of benzene rings is 2. The van der Waals surface area contributed by atoms with E-state index in [1.807, 2.05) is 24.3 Å². The highest BCUT2D eigenvalue weighted by Crippen LogP contribution is 2.98. The summed E-state index contributed by atoms with van der Waals surface area (Å²) in [5, 5.41) is 0. The lowest BCUT2D eigenvalue weighted by Gasteiger charge is -2.90. The zero-order chi connectivity index (χ0) is 26.7. The van der Waals surface area contributed by atoms with Gasteiger partial charge < -0.3 is 18.9 Å².